The number of rotatable bonds is 7. The zero-order valence-electron chi connectivity index (χ0n) is 13.5. The van der Waals surface area contributed by atoms with Gasteiger partial charge in [0, 0.05) is 0 Å². The molecule has 0 bridgehead atoms. The molecule has 0 aliphatic rings. The van der Waals surface area contributed by atoms with Gasteiger partial charge in [0.1, 0.15) is 6.61 Å². The minimum Gasteiger partial charge on any atom is -0.469 e. The summed E-state index contributed by atoms with van der Waals surface area (Å²) in [5.41, 5.74) is 1.20. The largest absolute Gasteiger partial charge is 0.469 e. The number of benzene rings is 1. The van der Waals surface area contributed by atoms with Crippen LogP contribution in [-0.2, 0) is 11.3 Å². The summed E-state index contributed by atoms with van der Waals surface area (Å²) < 4.78 is 5.41. The molecule has 110 valence electrons. The zero-order chi connectivity index (χ0) is 15.2. The predicted molar refractivity (Wildman–Crippen MR) is 86.5 cm³/mol. The highest BCUT2D eigenvalue weighted by Crippen LogP contribution is 2.49. The molecule has 0 saturated carbocycles. The first-order chi connectivity index (χ1) is 9.34. The maximum atomic E-state index is 12.1. The third kappa shape index (κ3) is 4.12. The van der Waals surface area contributed by atoms with E-state index in [0.29, 0.717) is 13.9 Å². The molecule has 0 heterocycles. The molecule has 1 rings (SSSR count). The lowest BCUT2D eigenvalue weighted by Gasteiger charge is -2.42. The maximum Gasteiger partial charge on any atom is 0.266 e. The first-order valence-electron chi connectivity index (χ1n) is 7.54. The Morgan fingerprint density at radius 2 is 1.65 bits per heavy atom. The lowest BCUT2D eigenvalue weighted by atomic mass is 9.43. The van der Waals surface area contributed by atoms with E-state index < -0.39 is 0 Å². The molecule has 0 aromatic heterocycles. The van der Waals surface area contributed by atoms with Gasteiger partial charge in [0.2, 0.25) is 5.87 Å². The average molecular weight is 274 g/mol. The second-order valence-corrected chi connectivity index (χ2v) is 6.47. The third-order valence-electron chi connectivity index (χ3n) is 5.02. The van der Waals surface area contributed by atoms with Crippen molar-refractivity contribution in [2.24, 2.45) is 5.41 Å². The van der Waals surface area contributed by atoms with Crippen molar-refractivity contribution in [2.45, 2.75) is 59.4 Å². The van der Waals surface area contributed by atoms with E-state index >= 15 is 0 Å². The van der Waals surface area contributed by atoms with Crippen molar-refractivity contribution < 1.29 is 9.53 Å². The Labute approximate surface area is 124 Å². The van der Waals surface area contributed by atoms with Crippen LogP contribution in [-0.4, -0.2) is 13.1 Å². The Kier molecular flexibility index (Phi) is 5.85. The minimum atomic E-state index is -0.105. The molecule has 20 heavy (non-hydrogen) atoms. The van der Waals surface area contributed by atoms with Gasteiger partial charge in [0.05, 0.1) is 0 Å². The summed E-state index contributed by atoms with van der Waals surface area (Å²) in [6.07, 6.45) is 2.14. The number of ether oxygens (including phenoxy) is 1. The van der Waals surface area contributed by atoms with Crippen LogP contribution < -0.4 is 0 Å². The fourth-order valence-corrected chi connectivity index (χ4v) is 2.57. The van der Waals surface area contributed by atoms with E-state index in [9.17, 15) is 4.79 Å². The molecule has 2 nitrogen and oxygen atoms in total. The first kappa shape index (κ1) is 16.8. The van der Waals surface area contributed by atoms with Gasteiger partial charge in [-0.25, -0.2) is 0 Å². The molecule has 0 radical (unpaired) electrons. The summed E-state index contributed by atoms with van der Waals surface area (Å²) in [6, 6.07) is 9.82. The van der Waals surface area contributed by atoms with Gasteiger partial charge in [0.25, 0.3) is 7.28 Å². The highest BCUT2D eigenvalue weighted by Gasteiger charge is 2.41. The molecule has 1 aromatic carbocycles. The second kappa shape index (κ2) is 6.96. The molecule has 0 saturated heterocycles. The van der Waals surface area contributed by atoms with Crippen LogP contribution in [0.25, 0.3) is 0 Å². The molecule has 0 unspecified atom stereocenters. The fraction of sp³-hybridized carbons (Fsp3) is 0.588. The normalized spacial score (nSPS) is 12.1. The molecule has 1 aromatic rings. The van der Waals surface area contributed by atoms with E-state index in [-0.39, 0.29) is 16.6 Å². The second-order valence-electron chi connectivity index (χ2n) is 6.47. The van der Waals surface area contributed by atoms with Crippen LogP contribution >= 0.6 is 0 Å². The van der Waals surface area contributed by atoms with Gasteiger partial charge in [-0.2, -0.15) is 0 Å². The fourth-order valence-electron chi connectivity index (χ4n) is 2.57. The molecule has 3 heteroatoms. The Morgan fingerprint density at radius 3 is 2.15 bits per heavy atom. The van der Waals surface area contributed by atoms with E-state index in [1.54, 1.807) is 0 Å². The molecular weight excluding hydrogens is 247 g/mol. The van der Waals surface area contributed by atoms with Crippen molar-refractivity contribution in [3.8, 4) is 0 Å². The monoisotopic (exact) mass is 274 g/mol. The Bertz CT molecular complexity index is 422. The molecule has 0 amide bonds. The lowest BCUT2D eigenvalue weighted by Crippen LogP contribution is -2.37. The van der Waals surface area contributed by atoms with Crippen LogP contribution in [0.15, 0.2) is 30.3 Å². The third-order valence-corrected chi connectivity index (χ3v) is 5.02. The minimum absolute atomic E-state index is 0.0513. The Hall–Kier alpha value is -1.25. The van der Waals surface area contributed by atoms with Crippen molar-refractivity contribution in [1.29, 1.82) is 0 Å². The van der Waals surface area contributed by atoms with Crippen molar-refractivity contribution in [2.75, 3.05) is 0 Å². The SMILES string of the molecule is CCC(C)(CC)C(C)(C)BC(=O)OCc1ccccc1. The molecule has 0 N–H and O–H groups in total. The van der Waals surface area contributed by atoms with E-state index in [2.05, 4.69) is 34.6 Å². The van der Waals surface area contributed by atoms with Crippen LogP contribution in [0.3, 0.4) is 0 Å². The van der Waals surface area contributed by atoms with E-state index in [4.69, 9.17) is 4.74 Å². The maximum absolute atomic E-state index is 12.1. The van der Waals surface area contributed by atoms with Gasteiger partial charge in [-0.15, -0.1) is 0 Å². The first-order valence-corrected chi connectivity index (χ1v) is 7.54. The summed E-state index contributed by atoms with van der Waals surface area (Å²) in [5, 5.41) is -0.0513. The van der Waals surface area contributed by atoms with Crippen molar-refractivity contribution in [1.82, 2.24) is 0 Å². The van der Waals surface area contributed by atoms with Crippen molar-refractivity contribution in [3.05, 3.63) is 35.9 Å². The highest BCUT2D eigenvalue weighted by atomic mass is 16.5. The average Bonchev–Trinajstić information content (AvgIpc) is 2.44. The molecule has 0 fully saturated rings. The standard InChI is InChI=1S/C17H27BO2/c1-6-17(5,7-2)16(3,4)18-15(19)20-13-14-11-9-8-10-12-14/h8-12,18H,6-7,13H2,1-5H3. The summed E-state index contributed by atoms with van der Waals surface area (Å²) in [6.45, 7) is 11.4. The summed E-state index contributed by atoms with van der Waals surface area (Å²) >= 11 is 0. The van der Waals surface area contributed by atoms with E-state index in [1.165, 1.54) is 0 Å². The number of carbonyl (C=O) groups is 1. The van der Waals surface area contributed by atoms with Crippen molar-refractivity contribution >= 4 is 13.1 Å². The van der Waals surface area contributed by atoms with Crippen LogP contribution in [0.2, 0.25) is 5.31 Å². The predicted octanol–water partition coefficient (Wildman–Crippen LogP) is 4.78. The van der Waals surface area contributed by atoms with Gasteiger partial charge in [-0.3, -0.25) is 4.79 Å². The van der Waals surface area contributed by atoms with Crippen LogP contribution in [0.5, 0.6) is 0 Å². The van der Waals surface area contributed by atoms with Gasteiger partial charge < -0.3 is 4.74 Å². The van der Waals surface area contributed by atoms with Gasteiger partial charge in [-0.05, 0) is 16.3 Å². The highest BCUT2D eigenvalue weighted by molar-refractivity contribution is 6.74. The summed E-state index contributed by atoms with van der Waals surface area (Å²) in [7, 11) is 0.470. The Morgan fingerprint density at radius 1 is 1.10 bits per heavy atom. The van der Waals surface area contributed by atoms with Gasteiger partial charge in [-0.1, -0.05) is 77.8 Å². The smallest absolute Gasteiger partial charge is 0.266 e. The number of hydrogen-bond acceptors (Lipinski definition) is 2. The van der Waals surface area contributed by atoms with Crippen LogP contribution in [0, 0.1) is 5.41 Å². The van der Waals surface area contributed by atoms with Crippen LogP contribution in [0.1, 0.15) is 53.0 Å². The number of hydrogen-bond donors (Lipinski definition) is 0. The summed E-state index contributed by atoms with van der Waals surface area (Å²) in [5.74, 6) is -0.105. The molecule has 0 atom stereocenters. The zero-order valence-corrected chi connectivity index (χ0v) is 13.5. The van der Waals surface area contributed by atoms with Crippen molar-refractivity contribution in [3.63, 3.8) is 0 Å². The van der Waals surface area contributed by atoms with E-state index in [1.807, 2.05) is 30.3 Å². The lowest BCUT2D eigenvalue weighted by molar-refractivity contribution is 0.160. The number of carbonyl (C=O) groups excluding carboxylic acids is 1. The van der Waals surface area contributed by atoms with Crippen LogP contribution in [0.4, 0.5) is 4.79 Å². The van der Waals surface area contributed by atoms with E-state index in [0.717, 1.165) is 18.4 Å². The Balaban J connectivity index is 2.57. The molecule has 0 aliphatic heterocycles. The topological polar surface area (TPSA) is 26.3 Å². The summed E-state index contributed by atoms with van der Waals surface area (Å²) in [4.78, 5) is 12.1. The molecular formula is C17H27BO2. The quantitative estimate of drug-likeness (QED) is 0.668. The van der Waals surface area contributed by atoms with Gasteiger partial charge in [0.15, 0.2) is 0 Å². The molecule has 0 aliphatic carbocycles. The van der Waals surface area contributed by atoms with Gasteiger partial charge >= 0.3 is 0 Å². The molecule has 0 spiro atoms.